The van der Waals surface area contributed by atoms with Gasteiger partial charge in [-0.1, -0.05) is 18.2 Å². The number of sulfone groups is 1. The molecular weight excluding hydrogens is 400 g/mol. The second-order valence-electron chi connectivity index (χ2n) is 7.68. The lowest BCUT2D eigenvalue weighted by molar-refractivity contribution is 0.201. The molecule has 0 unspecified atom stereocenters. The molecule has 1 saturated carbocycles. The zero-order chi connectivity index (χ0) is 21.6. The monoisotopic (exact) mass is 430 g/mol. The standard InChI is InChI=1S/C22H30N4O3S/c1-16-12-17(8-10-20(16)30(3,27)28)13-25-22(23-2)26-15-18-9-11-21(24-14-18)29-19-6-4-5-7-19/h8-12,14,19H,4-7,13,15H2,1-3H3,(H2,23,25,26). The molecule has 162 valence electrons. The van der Waals surface area contributed by atoms with Crippen LogP contribution in [0.2, 0.25) is 0 Å². The topological polar surface area (TPSA) is 92.7 Å². The smallest absolute Gasteiger partial charge is 0.213 e. The van der Waals surface area contributed by atoms with Gasteiger partial charge in [-0.3, -0.25) is 4.99 Å². The minimum absolute atomic E-state index is 0.305. The molecule has 1 aliphatic carbocycles. The maximum atomic E-state index is 11.7. The van der Waals surface area contributed by atoms with Gasteiger partial charge in [-0.05, 0) is 55.4 Å². The number of nitrogens with zero attached hydrogens (tertiary/aromatic N) is 2. The number of hydrogen-bond donors (Lipinski definition) is 2. The van der Waals surface area contributed by atoms with Gasteiger partial charge in [-0.2, -0.15) is 0 Å². The van der Waals surface area contributed by atoms with Crippen LogP contribution in [0.3, 0.4) is 0 Å². The number of aromatic nitrogens is 1. The van der Waals surface area contributed by atoms with E-state index in [0.29, 0.717) is 35.9 Å². The summed E-state index contributed by atoms with van der Waals surface area (Å²) in [4.78, 5) is 9.01. The molecule has 1 heterocycles. The maximum Gasteiger partial charge on any atom is 0.213 e. The third-order valence-electron chi connectivity index (χ3n) is 5.17. The predicted octanol–water partition coefficient (Wildman–Crippen LogP) is 2.98. The molecule has 1 aromatic heterocycles. The van der Waals surface area contributed by atoms with Crippen molar-refractivity contribution in [3.8, 4) is 5.88 Å². The lowest BCUT2D eigenvalue weighted by Gasteiger charge is -2.14. The molecule has 1 fully saturated rings. The molecule has 0 aliphatic heterocycles. The van der Waals surface area contributed by atoms with Gasteiger partial charge in [0.25, 0.3) is 0 Å². The molecular formula is C22H30N4O3S. The fraction of sp³-hybridized carbons (Fsp3) is 0.455. The van der Waals surface area contributed by atoms with Crippen molar-refractivity contribution in [3.63, 3.8) is 0 Å². The molecule has 1 aromatic carbocycles. The van der Waals surface area contributed by atoms with E-state index in [2.05, 4.69) is 20.6 Å². The van der Waals surface area contributed by atoms with E-state index in [4.69, 9.17) is 4.74 Å². The summed E-state index contributed by atoms with van der Waals surface area (Å²) in [7, 11) is -1.49. The maximum absolute atomic E-state index is 11.7. The second kappa shape index (κ2) is 9.93. The van der Waals surface area contributed by atoms with Crippen molar-refractivity contribution in [2.45, 2.75) is 56.7 Å². The van der Waals surface area contributed by atoms with Crippen molar-refractivity contribution in [2.75, 3.05) is 13.3 Å². The van der Waals surface area contributed by atoms with Gasteiger partial charge in [0, 0.05) is 38.7 Å². The Labute approximate surface area is 178 Å². The van der Waals surface area contributed by atoms with E-state index in [-0.39, 0.29) is 0 Å². The van der Waals surface area contributed by atoms with Crippen LogP contribution in [0, 0.1) is 6.92 Å². The number of benzene rings is 1. The number of aryl methyl sites for hydroxylation is 1. The average molecular weight is 431 g/mol. The zero-order valence-corrected chi connectivity index (χ0v) is 18.6. The van der Waals surface area contributed by atoms with Crippen molar-refractivity contribution >= 4 is 15.8 Å². The van der Waals surface area contributed by atoms with Crippen molar-refractivity contribution in [2.24, 2.45) is 4.99 Å². The van der Waals surface area contributed by atoms with Gasteiger partial charge in [0.15, 0.2) is 15.8 Å². The first-order chi connectivity index (χ1) is 14.3. The van der Waals surface area contributed by atoms with Crippen LogP contribution >= 0.6 is 0 Å². The zero-order valence-electron chi connectivity index (χ0n) is 17.8. The molecule has 2 aromatic rings. The Morgan fingerprint density at radius 3 is 2.37 bits per heavy atom. The van der Waals surface area contributed by atoms with Crippen LogP contribution in [0.1, 0.15) is 42.4 Å². The molecule has 2 N–H and O–H groups in total. The third kappa shape index (κ3) is 6.19. The number of ether oxygens (including phenoxy) is 1. The average Bonchev–Trinajstić information content (AvgIpc) is 3.21. The molecule has 1 aliphatic rings. The van der Waals surface area contributed by atoms with Crippen LogP contribution in [0.15, 0.2) is 46.4 Å². The highest BCUT2D eigenvalue weighted by Gasteiger charge is 2.16. The Bertz CT molecular complexity index is 982. The van der Waals surface area contributed by atoms with Gasteiger partial charge in [0.1, 0.15) is 6.10 Å². The molecule has 7 nitrogen and oxygen atoms in total. The number of pyridine rings is 1. The summed E-state index contributed by atoms with van der Waals surface area (Å²) in [6.07, 6.45) is 8.05. The molecule has 0 radical (unpaired) electrons. The number of hydrogen-bond acceptors (Lipinski definition) is 5. The molecule has 0 spiro atoms. The Hall–Kier alpha value is -2.61. The lowest BCUT2D eigenvalue weighted by atomic mass is 10.1. The highest BCUT2D eigenvalue weighted by molar-refractivity contribution is 7.90. The molecule has 0 saturated heterocycles. The van der Waals surface area contributed by atoms with Gasteiger partial charge in [0.2, 0.25) is 5.88 Å². The van der Waals surface area contributed by atoms with Crippen LogP contribution in [0.4, 0.5) is 0 Å². The van der Waals surface area contributed by atoms with Crippen molar-refractivity contribution in [3.05, 3.63) is 53.2 Å². The summed E-state index contributed by atoms with van der Waals surface area (Å²) >= 11 is 0. The summed E-state index contributed by atoms with van der Waals surface area (Å²) in [5, 5.41) is 6.51. The summed E-state index contributed by atoms with van der Waals surface area (Å²) in [5.74, 6) is 1.34. The first-order valence-corrected chi connectivity index (χ1v) is 12.1. The molecule has 0 bridgehead atoms. The van der Waals surface area contributed by atoms with E-state index >= 15 is 0 Å². The predicted molar refractivity (Wildman–Crippen MR) is 118 cm³/mol. The van der Waals surface area contributed by atoms with Gasteiger partial charge in [-0.25, -0.2) is 13.4 Å². The second-order valence-corrected chi connectivity index (χ2v) is 9.66. The molecule has 0 atom stereocenters. The first-order valence-electron chi connectivity index (χ1n) is 10.2. The lowest BCUT2D eigenvalue weighted by Crippen LogP contribution is -2.36. The van der Waals surface area contributed by atoms with Crippen LogP contribution in [-0.2, 0) is 22.9 Å². The van der Waals surface area contributed by atoms with Crippen LogP contribution < -0.4 is 15.4 Å². The first kappa shape index (κ1) is 22.1. The van der Waals surface area contributed by atoms with Crippen LogP contribution in [-0.4, -0.2) is 38.8 Å². The van der Waals surface area contributed by atoms with E-state index in [9.17, 15) is 8.42 Å². The normalized spacial score (nSPS) is 15.2. The van der Waals surface area contributed by atoms with E-state index < -0.39 is 9.84 Å². The highest BCUT2D eigenvalue weighted by atomic mass is 32.2. The molecule has 8 heteroatoms. The minimum atomic E-state index is -3.21. The summed E-state index contributed by atoms with van der Waals surface area (Å²) in [5.41, 5.74) is 2.76. The van der Waals surface area contributed by atoms with Gasteiger partial charge in [-0.15, -0.1) is 0 Å². The van der Waals surface area contributed by atoms with Gasteiger partial charge in [0.05, 0.1) is 4.90 Å². The van der Waals surface area contributed by atoms with Crippen LogP contribution in [0.25, 0.3) is 0 Å². The van der Waals surface area contributed by atoms with Gasteiger partial charge >= 0.3 is 0 Å². The highest BCUT2D eigenvalue weighted by Crippen LogP contribution is 2.22. The molecule has 3 rings (SSSR count). The van der Waals surface area contributed by atoms with E-state index in [1.807, 2.05) is 30.5 Å². The Kier molecular flexibility index (Phi) is 7.31. The SMILES string of the molecule is CN=C(NCc1ccc(OC2CCCC2)nc1)NCc1ccc(S(C)(=O)=O)c(C)c1. The largest absolute Gasteiger partial charge is 0.474 e. The Balaban J connectivity index is 1.49. The summed E-state index contributed by atoms with van der Waals surface area (Å²) in [6, 6.07) is 9.27. The Morgan fingerprint density at radius 1 is 1.13 bits per heavy atom. The fourth-order valence-electron chi connectivity index (χ4n) is 3.59. The minimum Gasteiger partial charge on any atom is -0.474 e. The molecule has 30 heavy (non-hydrogen) atoms. The van der Waals surface area contributed by atoms with E-state index in [0.717, 1.165) is 29.5 Å². The number of aliphatic imine (C=N–C) groups is 1. The summed E-state index contributed by atoms with van der Waals surface area (Å²) in [6.45, 7) is 2.93. The quantitative estimate of drug-likeness (QED) is 0.518. The number of guanidine groups is 1. The Morgan fingerprint density at radius 2 is 1.80 bits per heavy atom. The van der Waals surface area contributed by atoms with Crippen molar-refractivity contribution in [1.82, 2.24) is 15.6 Å². The third-order valence-corrected chi connectivity index (χ3v) is 6.43. The van der Waals surface area contributed by atoms with Crippen molar-refractivity contribution in [1.29, 1.82) is 0 Å². The summed E-state index contributed by atoms with van der Waals surface area (Å²) < 4.78 is 29.4. The van der Waals surface area contributed by atoms with E-state index in [1.54, 1.807) is 20.0 Å². The molecule has 0 amide bonds. The van der Waals surface area contributed by atoms with Gasteiger partial charge < -0.3 is 15.4 Å². The number of rotatable bonds is 7. The number of nitrogens with one attached hydrogen (secondary N) is 2. The van der Waals surface area contributed by atoms with Crippen molar-refractivity contribution < 1.29 is 13.2 Å². The van der Waals surface area contributed by atoms with E-state index in [1.165, 1.54) is 19.1 Å². The van der Waals surface area contributed by atoms with Crippen LogP contribution in [0.5, 0.6) is 5.88 Å². The fourth-order valence-corrected chi connectivity index (χ4v) is 4.55.